The predicted molar refractivity (Wildman–Crippen MR) is 82.8 cm³/mol. The van der Waals surface area contributed by atoms with Crippen LogP contribution in [0.15, 0.2) is 39.3 Å². The van der Waals surface area contributed by atoms with Gasteiger partial charge in [-0.1, -0.05) is 62.2 Å². The Kier molecular flexibility index (Phi) is 3.65. The highest BCUT2D eigenvalue weighted by Crippen LogP contribution is 2.63. The van der Waals surface area contributed by atoms with Crippen LogP contribution in [0.3, 0.4) is 0 Å². The summed E-state index contributed by atoms with van der Waals surface area (Å²) < 4.78 is 13.1. The Bertz CT molecular complexity index is 578. The molecule has 106 valence electrons. The number of Topliss-reactive ketones (excluding diaryl/α,β-unsaturated/α-hetero) is 1. The van der Waals surface area contributed by atoms with E-state index in [1.807, 2.05) is 30.3 Å². The molecular weight excluding hydrogens is 388 g/mol. The summed E-state index contributed by atoms with van der Waals surface area (Å²) in [5, 5.41) is 0. The number of methoxy groups -OCH3 is 2. The maximum absolute atomic E-state index is 12.8. The van der Waals surface area contributed by atoms with Gasteiger partial charge in [0.25, 0.3) is 0 Å². The van der Waals surface area contributed by atoms with Crippen molar-refractivity contribution in [1.82, 2.24) is 0 Å². The Hall–Kier alpha value is -0.490. The molecule has 1 aromatic rings. The third-order valence-electron chi connectivity index (χ3n) is 4.31. The van der Waals surface area contributed by atoms with Gasteiger partial charge < -0.3 is 9.47 Å². The first-order chi connectivity index (χ1) is 9.58. The Morgan fingerprint density at radius 3 is 2.15 bits per heavy atom. The number of halogens is 2. The van der Waals surface area contributed by atoms with Gasteiger partial charge >= 0.3 is 0 Å². The highest BCUT2D eigenvalue weighted by Gasteiger charge is 2.68. The van der Waals surface area contributed by atoms with E-state index in [4.69, 9.17) is 9.47 Å². The van der Waals surface area contributed by atoms with E-state index in [1.165, 1.54) is 0 Å². The standard InChI is InChI=1S/C15H14Br2O3/c1-19-15(20-2)10-9(8-6-4-3-5-7-8)14(18)11(15)13(17)12(10)16/h3-7,9-11H,1-2H3/t9-,10-,11-/m0/s1. The molecule has 20 heavy (non-hydrogen) atoms. The van der Waals surface area contributed by atoms with E-state index in [-0.39, 0.29) is 17.6 Å². The Balaban J connectivity index is 2.15. The largest absolute Gasteiger partial charge is 0.351 e. The maximum atomic E-state index is 12.8. The van der Waals surface area contributed by atoms with Crippen molar-refractivity contribution in [3.05, 3.63) is 44.9 Å². The minimum atomic E-state index is -0.921. The summed E-state index contributed by atoms with van der Waals surface area (Å²) in [4.78, 5) is 12.8. The minimum absolute atomic E-state index is 0.139. The molecule has 0 aliphatic heterocycles. The van der Waals surface area contributed by atoms with Gasteiger partial charge in [0.1, 0.15) is 5.92 Å². The first kappa shape index (κ1) is 14.4. The molecule has 0 amide bonds. The van der Waals surface area contributed by atoms with Crippen molar-refractivity contribution in [2.45, 2.75) is 11.7 Å². The molecular formula is C15H14Br2O3. The van der Waals surface area contributed by atoms with Crippen molar-refractivity contribution < 1.29 is 14.3 Å². The molecule has 2 aliphatic carbocycles. The van der Waals surface area contributed by atoms with Crippen LogP contribution >= 0.6 is 31.9 Å². The molecule has 0 saturated heterocycles. The second kappa shape index (κ2) is 5.05. The van der Waals surface area contributed by atoms with E-state index >= 15 is 0 Å². The fraction of sp³-hybridized carbons (Fsp3) is 0.400. The zero-order chi connectivity index (χ0) is 14.5. The van der Waals surface area contributed by atoms with Crippen LogP contribution in [0.25, 0.3) is 0 Å². The van der Waals surface area contributed by atoms with Crippen molar-refractivity contribution in [1.29, 1.82) is 0 Å². The van der Waals surface area contributed by atoms with Gasteiger partial charge in [-0.2, -0.15) is 0 Å². The molecule has 0 aromatic heterocycles. The zero-order valence-electron chi connectivity index (χ0n) is 11.1. The minimum Gasteiger partial charge on any atom is -0.351 e. The monoisotopic (exact) mass is 400 g/mol. The zero-order valence-corrected chi connectivity index (χ0v) is 14.3. The van der Waals surface area contributed by atoms with Crippen molar-refractivity contribution >= 4 is 37.6 Å². The molecule has 0 radical (unpaired) electrons. The molecule has 1 saturated carbocycles. The first-order valence-electron chi connectivity index (χ1n) is 6.32. The summed E-state index contributed by atoms with van der Waals surface area (Å²) in [6.45, 7) is 0. The summed E-state index contributed by atoms with van der Waals surface area (Å²) in [5.74, 6) is -1.60. The third-order valence-corrected chi connectivity index (χ3v) is 6.65. The van der Waals surface area contributed by atoms with E-state index in [1.54, 1.807) is 14.2 Å². The average molecular weight is 402 g/mol. The maximum Gasteiger partial charge on any atom is 0.190 e. The number of ether oxygens (including phenoxy) is 2. The highest BCUT2D eigenvalue weighted by atomic mass is 79.9. The van der Waals surface area contributed by atoms with Crippen LogP contribution in [0.4, 0.5) is 0 Å². The van der Waals surface area contributed by atoms with Crippen molar-refractivity contribution in [3.8, 4) is 0 Å². The lowest BCUT2D eigenvalue weighted by molar-refractivity contribution is -0.230. The van der Waals surface area contributed by atoms with Gasteiger partial charge in [-0.05, 0) is 5.56 Å². The van der Waals surface area contributed by atoms with Gasteiger partial charge in [-0.3, -0.25) is 4.79 Å². The second-order valence-corrected chi connectivity index (χ2v) is 6.74. The molecule has 5 heteroatoms. The second-order valence-electron chi connectivity index (χ2n) is 5.03. The number of carbonyl (C=O) groups is 1. The molecule has 2 aliphatic rings. The van der Waals surface area contributed by atoms with Gasteiger partial charge in [-0.15, -0.1) is 0 Å². The van der Waals surface area contributed by atoms with Crippen LogP contribution in [0.5, 0.6) is 0 Å². The summed E-state index contributed by atoms with van der Waals surface area (Å²) >= 11 is 7.11. The molecule has 2 bridgehead atoms. The fourth-order valence-corrected chi connectivity index (χ4v) is 5.06. The topological polar surface area (TPSA) is 35.5 Å². The van der Waals surface area contributed by atoms with E-state index in [0.717, 1.165) is 14.5 Å². The number of rotatable bonds is 3. The number of hydrogen-bond acceptors (Lipinski definition) is 3. The molecule has 1 fully saturated rings. The summed E-state index contributed by atoms with van der Waals surface area (Å²) in [5.41, 5.74) is 1.00. The van der Waals surface area contributed by atoms with Crippen molar-refractivity contribution in [3.63, 3.8) is 0 Å². The van der Waals surface area contributed by atoms with Crippen LogP contribution in [0, 0.1) is 11.8 Å². The van der Waals surface area contributed by atoms with Crippen LogP contribution < -0.4 is 0 Å². The molecule has 1 aromatic carbocycles. The van der Waals surface area contributed by atoms with E-state index in [2.05, 4.69) is 31.9 Å². The highest BCUT2D eigenvalue weighted by molar-refractivity contribution is 9.14. The van der Waals surface area contributed by atoms with Gasteiger partial charge in [-0.25, -0.2) is 0 Å². The summed E-state index contributed by atoms with van der Waals surface area (Å²) in [6.07, 6.45) is 0. The first-order valence-corrected chi connectivity index (χ1v) is 7.91. The summed E-state index contributed by atoms with van der Waals surface area (Å²) in [6, 6.07) is 9.80. The third kappa shape index (κ3) is 1.67. The van der Waals surface area contributed by atoms with E-state index in [0.29, 0.717) is 0 Å². The lowest BCUT2D eigenvalue weighted by Gasteiger charge is -2.32. The molecule has 0 unspecified atom stereocenters. The molecule has 3 nitrogen and oxygen atoms in total. The Morgan fingerprint density at radius 1 is 1.05 bits per heavy atom. The lowest BCUT2D eigenvalue weighted by atomic mass is 9.85. The normalized spacial score (nSPS) is 31.2. The van der Waals surface area contributed by atoms with Crippen LogP contribution in [-0.4, -0.2) is 25.8 Å². The molecule has 0 N–H and O–H groups in total. The Labute approximate surface area is 134 Å². The van der Waals surface area contributed by atoms with Crippen LogP contribution in [0.1, 0.15) is 11.5 Å². The molecule has 0 spiro atoms. The van der Waals surface area contributed by atoms with Crippen LogP contribution in [0.2, 0.25) is 0 Å². The molecule has 3 rings (SSSR count). The number of fused-ring (bicyclic) bond motifs is 2. The Morgan fingerprint density at radius 2 is 1.65 bits per heavy atom. The number of benzene rings is 1. The van der Waals surface area contributed by atoms with Gasteiger partial charge in [0.2, 0.25) is 0 Å². The number of carbonyl (C=O) groups excluding carboxylic acids is 1. The smallest absolute Gasteiger partial charge is 0.190 e. The summed E-state index contributed by atoms with van der Waals surface area (Å²) in [7, 11) is 3.19. The van der Waals surface area contributed by atoms with E-state index < -0.39 is 11.7 Å². The van der Waals surface area contributed by atoms with Crippen LogP contribution in [-0.2, 0) is 14.3 Å². The van der Waals surface area contributed by atoms with Crippen molar-refractivity contribution in [2.24, 2.45) is 11.8 Å². The quantitative estimate of drug-likeness (QED) is 0.726. The molecule has 3 atom stereocenters. The molecule has 0 heterocycles. The average Bonchev–Trinajstić information content (AvgIpc) is 2.86. The van der Waals surface area contributed by atoms with Gasteiger partial charge in [0.05, 0.1) is 11.8 Å². The number of ketones is 1. The van der Waals surface area contributed by atoms with Gasteiger partial charge in [0.15, 0.2) is 11.6 Å². The fourth-order valence-electron chi connectivity index (χ4n) is 3.45. The number of hydrogen-bond donors (Lipinski definition) is 0. The van der Waals surface area contributed by atoms with Gasteiger partial charge in [0, 0.05) is 23.2 Å². The predicted octanol–water partition coefficient (Wildman–Crippen LogP) is 3.59. The SMILES string of the molecule is COC1(OC)[C@@H]2C(=O)[C@@H](c3ccccc3)[C@H]1C(Br)=C2Br. The lowest BCUT2D eigenvalue weighted by Crippen LogP contribution is -2.41. The van der Waals surface area contributed by atoms with Crippen molar-refractivity contribution in [2.75, 3.05) is 14.2 Å². The van der Waals surface area contributed by atoms with E-state index in [9.17, 15) is 4.79 Å².